The maximum Gasteiger partial charge on any atom is 0.273 e. The molecule has 74 valence electrons. The van der Waals surface area contributed by atoms with Crippen molar-refractivity contribution in [2.24, 2.45) is 0 Å². The lowest BCUT2D eigenvalue weighted by atomic mass is 10.2. The predicted octanol–water partition coefficient (Wildman–Crippen LogP) is -0.475. The molecule has 5 nitrogen and oxygen atoms in total. The van der Waals surface area contributed by atoms with E-state index >= 15 is 0 Å². The van der Waals surface area contributed by atoms with E-state index in [0.29, 0.717) is 11.5 Å². The van der Waals surface area contributed by atoms with Crippen molar-refractivity contribution >= 4 is 10.8 Å². The van der Waals surface area contributed by atoms with Crippen LogP contribution in [-0.4, -0.2) is 6.79 Å². The van der Waals surface area contributed by atoms with E-state index in [1.54, 1.807) is 0 Å². The summed E-state index contributed by atoms with van der Waals surface area (Å²) in [4.78, 5) is 33.8. The van der Waals surface area contributed by atoms with Gasteiger partial charge in [-0.15, -0.1) is 0 Å². The molecular formula is C10H4O5. The van der Waals surface area contributed by atoms with Crippen LogP contribution >= 0.6 is 0 Å². The van der Waals surface area contributed by atoms with Gasteiger partial charge in [0.25, 0.3) is 5.43 Å². The van der Waals surface area contributed by atoms with Crippen molar-refractivity contribution in [3.05, 3.63) is 42.8 Å². The fourth-order valence-electron chi connectivity index (χ4n) is 1.67. The first-order chi connectivity index (χ1) is 7.18. The number of ether oxygens (including phenoxy) is 2. The molecule has 0 fully saturated rings. The van der Waals surface area contributed by atoms with Gasteiger partial charge in [-0.05, 0) is 12.1 Å². The Morgan fingerprint density at radius 3 is 1.73 bits per heavy atom. The molecule has 2 aromatic rings. The lowest BCUT2D eigenvalue weighted by Gasteiger charge is -1.93. The lowest BCUT2D eigenvalue weighted by Crippen LogP contribution is -2.29. The fourth-order valence-corrected chi connectivity index (χ4v) is 1.67. The zero-order chi connectivity index (χ0) is 10.6. The summed E-state index contributed by atoms with van der Waals surface area (Å²) >= 11 is 0. The van der Waals surface area contributed by atoms with E-state index in [9.17, 15) is 14.4 Å². The van der Waals surface area contributed by atoms with Crippen LogP contribution < -0.4 is 25.8 Å². The first kappa shape index (κ1) is 8.16. The van der Waals surface area contributed by atoms with Gasteiger partial charge in [-0.2, -0.15) is 0 Å². The minimum Gasteiger partial charge on any atom is -0.454 e. The van der Waals surface area contributed by atoms with Crippen molar-refractivity contribution < 1.29 is 9.47 Å². The van der Waals surface area contributed by atoms with Crippen molar-refractivity contribution in [2.75, 3.05) is 6.79 Å². The molecule has 0 unspecified atom stereocenters. The molecule has 0 saturated heterocycles. The van der Waals surface area contributed by atoms with Crippen LogP contribution in [0.2, 0.25) is 0 Å². The molecule has 0 saturated carbocycles. The third-order valence-electron chi connectivity index (χ3n) is 2.41. The fraction of sp³-hybridized carbons (Fsp3) is 0.100. The second kappa shape index (κ2) is 2.44. The molecular weight excluding hydrogens is 200 g/mol. The van der Waals surface area contributed by atoms with Crippen LogP contribution in [0.3, 0.4) is 0 Å². The summed E-state index contributed by atoms with van der Waals surface area (Å²) in [5, 5.41) is 0.212. The lowest BCUT2D eigenvalue weighted by molar-refractivity contribution is 0.174. The van der Waals surface area contributed by atoms with Crippen molar-refractivity contribution in [1.29, 1.82) is 0 Å². The van der Waals surface area contributed by atoms with Gasteiger partial charge in [0, 0.05) is 10.8 Å². The summed E-state index contributed by atoms with van der Waals surface area (Å²) in [6, 6.07) is 2.76. The molecule has 0 aromatic heterocycles. The Bertz CT molecular complexity index is 648. The van der Waals surface area contributed by atoms with Crippen LogP contribution in [0, 0.1) is 0 Å². The Kier molecular flexibility index (Phi) is 1.33. The Hall–Kier alpha value is -2.17. The molecule has 0 spiro atoms. The molecule has 2 aromatic carbocycles. The van der Waals surface area contributed by atoms with Gasteiger partial charge in [-0.25, -0.2) is 0 Å². The average molecular weight is 204 g/mol. The summed E-state index contributed by atoms with van der Waals surface area (Å²) in [6.07, 6.45) is 0. The second-order valence-corrected chi connectivity index (χ2v) is 3.24. The smallest absolute Gasteiger partial charge is 0.273 e. The Labute approximate surface area is 82.2 Å². The van der Waals surface area contributed by atoms with E-state index in [1.807, 2.05) is 0 Å². The summed E-state index contributed by atoms with van der Waals surface area (Å²) in [5.74, 6) is 0.786. The van der Waals surface area contributed by atoms with Crippen LogP contribution in [-0.2, 0) is 0 Å². The van der Waals surface area contributed by atoms with E-state index in [2.05, 4.69) is 0 Å². The van der Waals surface area contributed by atoms with Crippen LogP contribution in [0.5, 0.6) is 11.5 Å². The van der Waals surface area contributed by atoms with Crippen LogP contribution in [0.15, 0.2) is 26.5 Å². The predicted molar refractivity (Wildman–Crippen MR) is 51.3 cm³/mol. The zero-order valence-electron chi connectivity index (χ0n) is 7.40. The van der Waals surface area contributed by atoms with E-state index in [-0.39, 0.29) is 17.6 Å². The largest absolute Gasteiger partial charge is 0.454 e. The van der Waals surface area contributed by atoms with Crippen molar-refractivity contribution in [3.63, 3.8) is 0 Å². The molecule has 5 heteroatoms. The molecule has 1 aliphatic heterocycles. The Morgan fingerprint density at radius 1 is 0.800 bits per heavy atom. The summed E-state index contributed by atoms with van der Waals surface area (Å²) in [7, 11) is 0. The molecule has 0 amide bonds. The average Bonchev–Trinajstić information content (AvgIpc) is 2.77. The third-order valence-corrected chi connectivity index (χ3v) is 2.41. The van der Waals surface area contributed by atoms with Gasteiger partial charge >= 0.3 is 0 Å². The van der Waals surface area contributed by atoms with Gasteiger partial charge in [-0.3, -0.25) is 14.4 Å². The highest BCUT2D eigenvalue weighted by molar-refractivity contribution is 5.87. The topological polar surface area (TPSA) is 69.7 Å². The Balaban J connectivity index is 2.60. The maximum atomic E-state index is 11.3. The third kappa shape index (κ3) is 0.890. The minimum absolute atomic E-state index is 0.0640. The molecule has 0 N–H and O–H groups in total. The molecule has 0 bridgehead atoms. The molecule has 0 radical (unpaired) electrons. The van der Waals surface area contributed by atoms with E-state index in [4.69, 9.17) is 9.47 Å². The summed E-state index contributed by atoms with van der Waals surface area (Å²) < 4.78 is 10.1. The van der Waals surface area contributed by atoms with Gasteiger partial charge in [0.2, 0.25) is 17.7 Å². The molecule has 0 aliphatic carbocycles. The zero-order valence-corrected chi connectivity index (χ0v) is 7.40. The monoisotopic (exact) mass is 204 g/mol. The van der Waals surface area contributed by atoms with E-state index < -0.39 is 16.3 Å². The number of hydrogen-bond acceptors (Lipinski definition) is 5. The minimum atomic E-state index is -0.992. The van der Waals surface area contributed by atoms with Crippen LogP contribution in [0.25, 0.3) is 10.8 Å². The summed E-state index contributed by atoms with van der Waals surface area (Å²) in [6.45, 7) is 0.0640. The molecule has 0 atom stereocenters. The molecule has 1 aliphatic rings. The molecule has 3 rings (SSSR count). The summed E-state index contributed by atoms with van der Waals surface area (Å²) in [5.41, 5.74) is -2.53. The molecule has 15 heavy (non-hydrogen) atoms. The van der Waals surface area contributed by atoms with Gasteiger partial charge in [0.15, 0.2) is 11.5 Å². The standard InChI is InChI=1S/C10H4O5/c11-8-4-1-6-7(15-3-14-6)2-5(4)9(12)10(8)13/h1-2H,3H2. The SMILES string of the molecule is O=c1c(=O)c2cc3c(cc2c1=O)OCO3. The van der Waals surface area contributed by atoms with Gasteiger partial charge in [0.1, 0.15) is 0 Å². The quantitative estimate of drug-likeness (QED) is 0.542. The number of benzene rings is 1. The number of fused-ring (bicyclic) bond motifs is 2. The van der Waals surface area contributed by atoms with E-state index in [0.717, 1.165) is 0 Å². The second-order valence-electron chi connectivity index (χ2n) is 3.24. The van der Waals surface area contributed by atoms with Gasteiger partial charge in [0.05, 0.1) is 0 Å². The van der Waals surface area contributed by atoms with Gasteiger partial charge < -0.3 is 9.47 Å². The first-order valence-corrected chi connectivity index (χ1v) is 4.25. The number of hydrogen-bond donors (Lipinski definition) is 0. The normalized spacial score (nSPS) is 13.6. The maximum absolute atomic E-state index is 11.3. The number of rotatable bonds is 0. The van der Waals surface area contributed by atoms with E-state index in [1.165, 1.54) is 12.1 Å². The van der Waals surface area contributed by atoms with Crippen molar-refractivity contribution in [3.8, 4) is 11.5 Å². The highest BCUT2D eigenvalue weighted by Gasteiger charge is 2.19. The highest BCUT2D eigenvalue weighted by atomic mass is 16.7. The first-order valence-electron chi connectivity index (χ1n) is 4.25. The van der Waals surface area contributed by atoms with Gasteiger partial charge in [-0.1, -0.05) is 0 Å². The Morgan fingerprint density at radius 2 is 1.27 bits per heavy atom. The van der Waals surface area contributed by atoms with Crippen LogP contribution in [0.1, 0.15) is 0 Å². The van der Waals surface area contributed by atoms with Crippen LogP contribution in [0.4, 0.5) is 0 Å². The van der Waals surface area contributed by atoms with Crippen molar-refractivity contribution in [2.45, 2.75) is 0 Å². The highest BCUT2D eigenvalue weighted by Crippen LogP contribution is 2.33. The molecule has 1 heterocycles. The van der Waals surface area contributed by atoms with Crippen molar-refractivity contribution in [1.82, 2.24) is 0 Å².